The SMILES string of the molecule is CC(C)C(=O)N1CCN(c2cc(S(=O)(=O)NC3(C#N)CC3)cc3c2cnn3-c2nnc(C(F)F)s2)CC1. The summed E-state index contributed by atoms with van der Waals surface area (Å²) in [5, 5.41) is 21.2. The van der Waals surface area contributed by atoms with Crippen LogP contribution in [0.25, 0.3) is 16.0 Å². The fourth-order valence-corrected chi connectivity index (χ4v) is 6.35. The third kappa shape index (κ3) is 4.76. The van der Waals surface area contributed by atoms with E-state index in [4.69, 9.17) is 0 Å². The number of piperazine rings is 1. The van der Waals surface area contributed by atoms with Gasteiger partial charge in [-0.15, -0.1) is 10.2 Å². The summed E-state index contributed by atoms with van der Waals surface area (Å²) in [5.41, 5.74) is -0.207. The molecule has 0 atom stereocenters. The van der Waals surface area contributed by atoms with Gasteiger partial charge in [0.25, 0.3) is 6.43 Å². The Labute approximate surface area is 215 Å². The molecule has 0 radical (unpaired) electrons. The second-order valence-corrected chi connectivity index (χ2v) is 12.1. The number of hydrogen-bond acceptors (Lipinski definition) is 9. The minimum absolute atomic E-state index is 0.0514. The van der Waals surface area contributed by atoms with Crippen molar-refractivity contribution in [3.63, 3.8) is 0 Å². The molecule has 1 N–H and O–H groups in total. The first kappa shape index (κ1) is 25.4. The molecular weight excluding hydrogens is 526 g/mol. The van der Waals surface area contributed by atoms with Crippen LogP contribution in [-0.4, -0.2) is 70.9 Å². The van der Waals surface area contributed by atoms with Crippen molar-refractivity contribution >= 4 is 43.9 Å². The van der Waals surface area contributed by atoms with E-state index < -0.39 is 27.0 Å². The van der Waals surface area contributed by atoms with Crippen LogP contribution in [0.15, 0.2) is 23.2 Å². The van der Waals surface area contributed by atoms with Crippen molar-refractivity contribution in [2.24, 2.45) is 5.92 Å². The Morgan fingerprint density at radius 1 is 1.19 bits per heavy atom. The third-order valence-corrected chi connectivity index (χ3v) is 8.89. The van der Waals surface area contributed by atoms with Crippen LogP contribution >= 0.6 is 11.3 Å². The molecule has 1 aliphatic carbocycles. The monoisotopic (exact) mass is 550 g/mol. The minimum Gasteiger partial charge on any atom is -0.367 e. The molecule has 0 bridgehead atoms. The zero-order chi connectivity index (χ0) is 26.5. The number of carbonyl (C=O) groups is 1. The van der Waals surface area contributed by atoms with Crippen LogP contribution < -0.4 is 9.62 Å². The van der Waals surface area contributed by atoms with E-state index in [9.17, 15) is 27.3 Å². The summed E-state index contributed by atoms with van der Waals surface area (Å²) in [6, 6.07) is 4.94. The summed E-state index contributed by atoms with van der Waals surface area (Å²) in [6.45, 7) is 5.54. The van der Waals surface area contributed by atoms with Crippen molar-refractivity contribution < 1.29 is 22.0 Å². The molecule has 2 aromatic heterocycles. The van der Waals surface area contributed by atoms with Crippen LogP contribution in [0.3, 0.4) is 0 Å². The highest BCUT2D eigenvalue weighted by Gasteiger charge is 2.47. The Morgan fingerprint density at radius 2 is 1.89 bits per heavy atom. The van der Waals surface area contributed by atoms with Gasteiger partial charge in [-0.05, 0) is 25.0 Å². The van der Waals surface area contributed by atoms with Gasteiger partial charge in [0, 0.05) is 43.2 Å². The molecule has 11 nitrogen and oxygen atoms in total. The third-order valence-electron chi connectivity index (χ3n) is 6.47. The van der Waals surface area contributed by atoms with Gasteiger partial charge in [-0.3, -0.25) is 4.79 Å². The Morgan fingerprint density at radius 3 is 2.46 bits per heavy atom. The van der Waals surface area contributed by atoms with E-state index in [2.05, 4.69) is 20.0 Å². The average molecular weight is 551 g/mol. The number of sulfonamides is 1. The normalized spacial score (nSPS) is 17.5. The summed E-state index contributed by atoms with van der Waals surface area (Å²) < 4.78 is 56.7. The number of carbonyl (C=O) groups excluding carboxylic acids is 1. The molecule has 37 heavy (non-hydrogen) atoms. The van der Waals surface area contributed by atoms with Crippen LogP contribution in [0.1, 0.15) is 38.1 Å². The number of nitrogens with zero attached hydrogens (tertiary/aromatic N) is 7. The van der Waals surface area contributed by atoms with E-state index in [0.717, 1.165) is 0 Å². The second-order valence-electron chi connectivity index (χ2n) is 9.42. The Balaban J connectivity index is 1.57. The number of benzene rings is 1. The highest BCUT2D eigenvalue weighted by atomic mass is 32.2. The zero-order valence-corrected chi connectivity index (χ0v) is 21.7. The number of nitrogens with one attached hydrogen (secondary N) is 1. The first-order valence-corrected chi connectivity index (χ1v) is 14.0. The number of alkyl halides is 2. The minimum atomic E-state index is -4.10. The summed E-state index contributed by atoms with van der Waals surface area (Å²) in [5.74, 6) is -0.0774. The van der Waals surface area contributed by atoms with Gasteiger partial charge in [0.05, 0.1) is 22.7 Å². The fraction of sp³-hybridized carbons (Fsp3) is 0.500. The van der Waals surface area contributed by atoms with Gasteiger partial charge in [0.2, 0.25) is 21.1 Å². The molecule has 5 rings (SSSR count). The maximum atomic E-state index is 13.3. The van der Waals surface area contributed by atoms with Crippen molar-refractivity contribution in [2.45, 2.75) is 43.5 Å². The molecular formula is C22H24F2N8O3S2. The lowest BCUT2D eigenvalue weighted by atomic mass is 10.1. The van der Waals surface area contributed by atoms with E-state index in [1.54, 1.807) is 4.90 Å². The molecule has 1 amide bonds. The number of amides is 1. The van der Waals surface area contributed by atoms with Gasteiger partial charge >= 0.3 is 0 Å². The highest BCUT2D eigenvalue weighted by molar-refractivity contribution is 7.89. The number of hydrogen-bond donors (Lipinski definition) is 1. The standard InChI is InChI=1S/C22H24F2N8O3S2/c1-13(2)20(33)31-7-5-30(6-8-31)16-9-14(37(34,35)29-22(12-25)3-4-22)10-17-15(16)11-26-32(17)21-28-27-19(36-21)18(23)24/h9-11,13,18,29H,3-8H2,1-2H3. The highest BCUT2D eigenvalue weighted by Crippen LogP contribution is 2.38. The smallest absolute Gasteiger partial charge is 0.291 e. The van der Waals surface area contributed by atoms with Crippen molar-refractivity contribution in [2.75, 3.05) is 31.1 Å². The number of fused-ring (bicyclic) bond motifs is 1. The topological polar surface area (TPSA) is 137 Å². The Bertz CT molecular complexity index is 1500. The first-order valence-electron chi connectivity index (χ1n) is 11.7. The van der Waals surface area contributed by atoms with Gasteiger partial charge in [0.15, 0.2) is 5.01 Å². The molecule has 3 heterocycles. The molecule has 1 aromatic carbocycles. The van der Waals surface area contributed by atoms with Crippen LogP contribution in [0.2, 0.25) is 0 Å². The van der Waals surface area contributed by atoms with E-state index >= 15 is 0 Å². The lowest BCUT2D eigenvalue weighted by Gasteiger charge is -2.37. The van der Waals surface area contributed by atoms with Crippen molar-refractivity contribution in [3.05, 3.63) is 23.3 Å². The van der Waals surface area contributed by atoms with E-state index in [1.807, 2.05) is 24.8 Å². The number of rotatable bonds is 7. The maximum absolute atomic E-state index is 13.3. The summed E-state index contributed by atoms with van der Waals surface area (Å²) in [7, 11) is -4.10. The molecule has 3 aromatic rings. The molecule has 0 unspecified atom stereocenters. The Kier molecular flexibility index (Phi) is 6.37. The molecule has 2 fully saturated rings. The predicted octanol–water partition coefficient (Wildman–Crippen LogP) is 2.45. The molecule has 196 valence electrons. The van der Waals surface area contributed by atoms with Gasteiger partial charge in [0.1, 0.15) is 5.54 Å². The maximum Gasteiger partial charge on any atom is 0.291 e. The van der Waals surface area contributed by atoms with Gasteiger partial charge in [-0.2, -0.15) is 15.1 Å². The fourth-order valence-electron chi connectivity index (χ4n) is 4.26. The number of anilines is 1. The summed E-state index contributed by atoms with van der Waals surface area (Å²) in [6.07, 6.45) is -0.429. The Hall–Kier alpha value is -3.22. The van der Waals surface area contributed by atoms with Crippen LogP contribution in [-0.2, 0) is 14.8 Å². The van der Waals surface area contributed by atoms with Gasteiger partial charge in [-0.25, -0.2) is 21.9 Å². The number of halogens is 2. The van der Waals surface area contributed by atoms with E-state index in [0.29, 0.717) is 66.9 Å². The lowest BCUT2D eigenvalue weighted by molar-refractivity contribution is -0.134. The zero-order valence-electron chi connectivity index (χ0n) is 20.1. The quantitative estimate of drug-likeness (QED) is 0.474. The molecule has 1 saturated heterocycles. The predicted molar refractivity (Wildman–Crippen MR) is 131 cm³/mol. The van der Waals surface area contributed by atoms with Gasteiger partial charge in [-0.1, -0.05) is 25.2 Å². The molecule has 15 heteroatoms. The number of nitriles is 1. The van der Waals surface area contributed by atoms with Crippen molar-refractivity contribution in [1.29, 1.82) is 5.26 Å². The van der Waals surface area contributed by atoms with E-state index in [1.165, 1.54) is 23.0 Å². The lowest BCUT2D eigenvalue weighted by Crippen LogP contribution is -2.50. The number of aromatic nitrogens is 4. The second kappa shape index (κ2) is 9.26. The molecule has 1 aliphatic heterocycles. The largest absolute Gasteiger partial charge is 0.367 e. The first-order chi connectivity index (χ1) is 17.5. The van der Waals surface area contributed by atoms with Crippen LogP contribution in [0.5, 0.6) is 0 Å². The van der Waals surface area contributed by atoms with Gasteiger partial charge < -0.3 is 9.80 Å². The van der Waals surface area contributed by atoms with Crippen LogP contribution in [0, 0.1) is 17.2 Å². The molecule has 2 aliphatic rings. The van der Waals surface area contributed by atoms with Crippen molar-refractivity contribution in [1.82, 2.24) is 29.6 Å². The van der Waals surface area contributed by atoms with E-state index in [-0.39, 0.29) is 21.9 Å². The summed E-state index contributed by atoms with van der Waals surface area (Å²) in [4.78, 5) is 16.1. The summed E-state index contributed by atoms with van der Waals surface area (Å²) >= 11 is 0.660. The average Bonchev–Trinajstić information content (AvgIpc) is 3.26. The molecule has 0 spiro atoms. The molecule has 1 saturated carbocycles. The van der Waals surface area contributed by atoms with Crippen molar-refractivity contribution in [3.8, 4) is 11.2 Å². The van der Waals surface area contributed by atoms with Crippen LogP contribution in [0.4, 0.5) is 14.5 Å².